The molecule has 0 saturated carbocycles. The maximum absolute atomic E-state index is 12.4. The fourth-order valence-corrected chi connectivity index (χ4v) is 3.40. The van der Waals surface area contributed by atoms with E-state index in [0.717, 1.165) is 16.8 Å². The normalized spacial score (nSPS) is 14.1. The summed E-state index contributed by atoms with van der Waals surface area (Å²) in [6.07, 6.45) is 5.22. The number of fused-ring (bicyclic) bond motifs is 1. The molecule has 0 radical (unpaired) electrons. The Labute approximate surface area is 155 Å². The summed E-state index contributed by atoms with van der Waals surface area (Å²) < 4.78 is 0. The Hall–Kier alpha value is -3.26. The molecule has 138 valence electrons. The number of phenols is 2. The van der Waals surface area contributed by atoms with E-state index in [0.29, 0.717) is 43.0 Å². The molecule has 0 amide bonds. The minimum atomic E-state index is -0.137. The molecule has 27 heavy (non-hydrogen) atoms. The van der Waals surface area contributed by atoms with Crippen molar-refractivity contribution < 1.29 is 10.2 Å². The van der Waals surface area contributed by atoms with Gasteiger partial charge in [-0.2, -0.15) is 0 Å². The monoisotopic (exact) mass is 365 g/mol. The number of aromatic hydroxyl groups is 2. The van der Waals surface area contributed by atoms with Crippen LogP contribution in [0, 0.1) is 6.92 Å². The molecule has 0 fully saturated rings. The summed E-state index contributed by atoms with van der Waals surface area (Å²) in [5.41, 5.74) is 3.51. The highest BCUT2D eigenvalue weighted by Gasteiger charge is 2.23. The van der Waals surface area contributed by atoms with Crippen LogP contribution in [0.15, 0.2) is 35.6 Å². The van der Waals surface area contributed by atoms with Crippen LogP contribution in [0.3, 0.4) is 0 Å². The number of hydrogen-bond acceptors (Lipinski definition) is 7. The zero-order valence-corrected chi connectivity index (χ0v) is 14.8. The van der Waals surface area contributed by atoms with Crippen LogP contribution in [-0.4, -0.2) is 41.6 Å². The first-order valence-corrected chi connectivity index (χ1v) is 8.62. The molecule has 0 unspecified atom stereocenters. The van der Waals surface area contributed by atoms with E-state index in [9.17, 15) is 15.0 Å². The van der Waals surface area contributed by atoms with Crippen molar-refractivity contribution in [2.45, 2.75) is 26.4 Å². The highest BCUT2D eigenvalue weighted by molar-refractivity contribution is 5.52. The molecule has 1 aliphatic rings. The lowest BCUT2D eigenvalue weighted by molar-refractivity contribution is 0.237. The summed E-state index contributed by atoms with van der Waals surface area (Å²) in [6, 6.07) is 2.97. The number of aromatic amines is 1. The number of aromatic nitrogens is 4. The largest absolute Gasteiger partial charge is 0.508 e. The van der Waals surface area contributed by atoms with Crippen LogP contribution >= 0.6 is 0 Å². The first-order chi connectivity index (χ1) is 13.0. The van der Waals surface area contributed by atoms with Crippen molar-refractivity contribution in [3.05, 3.63) is 63.6 Å². The molecular weight excluding hydrogens is 346 g/mol. The molecule has 0 aliphatic carbocycles. The van der Waals surface area contributed by atoms with Crippen molar-refractivity contribution in [2.75, 3.05) is 6.54 Å². The molecule has 8 nitrogen and oxygen atoms in total. The second kappa shape index (κ2) is 6.81. The fourth-order valence-electron chi connectivity index (χ4n) is 3.40. The lowest BCUT2D eigenvalue weighted by atomic mass is 10.0. The molecule has 1 aliphatic heterocycles. The Kier molecular flexibility index (Phi) is 4.33. The van der Waals surface area contributed by atoms with Gasteiger partial charge in [-0.1, -0.05) is 0 Å². The molecule has 4 rings (SSSR count). The SMILES string of the molecule is Cc1cc(O)cc(O)c1CN1CCc2c(nc(-c3cncnc3)[nH]c2=O)C1. The molecule has 0 bridgehead atoms. The zero-order valence-electron chi connectivity index (χ0n) is 14.8. The van der Waals surface area contributed by atoms with Crippen molar-refractivity contribution in [3.8, 4) is 22.9 Å². The zero-order chi connectivity index (χ0) is 19.0. The van der Waals surface area contributed by atoms with Gasteiger partial charge in [-0.15, -0.1) is 0 Å². The van der Waals surface area contributed by atoms with E-state index in [2.05, 4.69) is 24.8 Å². The van der Waals surface area contributed by atoms with Crippen molar-refractivity contribution in [2.24, 2.45) is 0 Å². The van der Waals surface area contributed by atoms with Crippen LogP contribution in [0.1, 0.15) is 22.4 Å². The van der Waals surface area contributed by atoms with E-state index in [1.54, 1.807) is 18.5 Å². The number of nitrogens with zero attached hydrogens (tertiary/aromatic N) is 4. The quantitative estimate of drug-likeness (QED) is 0.644. The van der Waals surface area contributed by atoms with Gasteiger partial charge in [-0.05, 0) is 25.0 Å². The number of aryl methyl sites for hydroxylation is 1. The van der Waals surface area contributed by atoms with Crippen LogP contribution in [0.4, 0.5) is 0 Å². The van der Waals surface area contributed by atoms with Crippen LogP contribution in [0.2, 0.25) is 0 Å². The average molecular weight is 365 g/mol. The highest BCUT2D eigenvalue weighted by Crippen LogP contribution is 2.29. The van der Waals surface area contributed by atoms with Crippen molar-refractivity contribution in [1.82, 2.24) is 24.8 Å². The fraction of sp³-hybridized carbons (Fsp3) is 0.263. The van der Waals surface area contributed by atoms with E-state index in [1.807, 2.05) is 6.92 Å². The van der Waals surface area contributed by atoms with Gasteiger partial charge in [-0.3, -0.25) is 9.69 Å². The summed E-state index contributed by atoms with van der Waals surface area (Å²) in [7, 11) is 0. The van der Waals surface area contributed by atoms with Crippen LogP contribution in [0.25, 0.3) is 11.4 Å². The standard InChI is InChI=1S/C19H19N5O3/c1-11-4-13(25)5-17(26)15(11)8-24-3-2-14-16(9-24)22-18(23-19(14)27)12-6-20-10-21-7-12/h4-7,10,25-26H,2-3,8-9H2,1H3,(H,22,23,27). The third kappa shape index (κ3) is 3.39. The van der Waals surface area contributed by atoms with Gasteiger partial charge in [-0.25, -0.2) is 15.0 Å². The number of hydrogen-bond donors (Lipinski definition) is 3. The third-order valence-corrected chi connectivity index (χ3v) is 4.80. The van der Waals surface area contributed by atoms with Gasteiger partial charge in [0.15, 0.2) is 0 Å². The van der Waals surface area contributed by atoms with Crippen molar-refractivity contribution in [1.29, 1.82) is 0 Å². The molecule has 1 aromatic carbocycles. The topological polar surface area (TPSA) is 115 Å². The lowest BCUT2D eigenvalue weighted by Gasteiger charge is -2.28. The number of rotatable bonds is 3. The molecule has 3 aromatic rings. The maximum Gasteiger partial charge on any atom is 0.254 e. The van der Waals surface area contributed by atoms with E-state index in [-0.39, 0.29) is 17.1 Å². The van der Waals surface area contributed by atoms with Gasteiger partial charge < -0.3 is 15.2 Å². The van der Waals surface area contributed by atoms with Crippen molar-refractivity contribution >= 4 is 0 Å². The summed E-state index contributed by atoms with van der Waals surface area (Å²) in [5.74, 6) is 0.560. The smallest absolute Gasteiger partial charge is 0.254 e. The van der Waals surface area contributed by atoms with Gasteiger partial charge in [0.25, 0.3) is 5.56 Å². The van der Waals surface area contributed by atoms with Gasteiger partial charge >= 0.3 is 0 Å². The molecule has 8 heteroatoms. The number of benzene rings is 1. The van der Waals surface area contributed by atoms with E-state index < -0.39 is 0 Å². The minimum absolute atomic E-state index is 0.0423. The van der Waals surface area contributed by atoms with Gasteiger partial charge in [0.1, 0.15) is 23.7 Å². The second-order valence-electron chi connectivity index (χ2n) is 6.69. The first-order valence-electron chi connectivity index (χ1n) is 8.62. The summed E-state index contributed by atoms with van der Waals surface area (Å²) in [4.78, 5) is 29.9. The molecule has 0 saturated heterocycles. The van der Waals surface area contributed by atoms with Crippen LogP contribution < -0.4 is 5.56 Å². The molecule has 2 aromatic heterocycles. The van der Waals surface area contributed by atoms with E-state index in [1.165, 1.54) is 12.4 Å². The van der Waals surface area contributed by atoms with Gasteiger partial charge in [0, 0.05) is 49.2 Å². The summed E-state index contributed by atoms with van der Waals surface area (Å²) in [5, 5.41) is 19.8. The van der Waals surface area contributed by atoms with E-state index in [4.69, 9.17) is 0 Å². The summed E-state index contributed by atoms with van der Waals surface area (Å²) >= 11 is 0. The number of nitrogens with one attached hydrogen (secondary N) is 1. The molecule has 0 atom stereocenters. The first kappa shape index (κ1) is 17.2. The number of phenolic OH excluding ortho intramolecular Hbond substituents is 2. The molecule has 3 N–H and O–H groups in total. The Morgan fingerprint density at radius 2 is 2.00 bits per heavy atom. The predicted octanol–water partition coefficient (Wildman–Crippen LogP) is 1.50. The third-order valence-electron chi connectivity index (χ3n) is 4.80. The summed E-state index contributed by atoms with van der Waals surface area (Å²) in [6.45, 7) is 3.55. The number of H-pyrrole nitrogens is 1. The Bertz CT molecular complexity index is 1030. The lowest BCUT2D eigenvalue weighted by Crippen LogP contribution is -2.35. The predicted molar refractivity (Wildman–Crippen MR) is 98.2 cm³/mol. The second-order valence-corrected chi connectivity index (χ2v) is 6.69. The average Bonchev–Trinajstić information content (AvgIpc) is 2.65. The van der Waals surface area contributed by atoms with Gasteiger partial charge in [0.05, 0.1) is 11.3 Å². The maximum atomic E-state index is 12.4. The van der Waals surface area contributed by atoms with Gasteiger partial charge in [0.2, 0.25) is 0 Å². The minimum Gasteiger partial charge on any atom is -0.508 e. The van der Waals surface area contributed by atoms with E-state index >= 15 is 0 Å². The molecular formula is C19H19N5O3. The Morgan fingerprint density at radius 3 is 2.74 bits per heavy atom. The van der Waals surface area contributed by atoms with Crippen molar-refractivity contribution in [3.63, 3.8) is 0 Å². The molecule has 3 heterocycles. The Balaban J connectivity index is 1.63. The molecule has 0 spiro atoms. The highest BCUT2D eigenvalue weighted by atomic mass is 16.3. The van der Waals surface area contributed by atoms with Crippen LogP contribution in [-0.2, 0) is 19.5 Å². The van der Waals surface area contributed by atoms with Crippen LogP contribution in [0.5, 0.6) is 11.5 Å². The Morgan fingerprint density at radius 1 is 1.22 bits per heavy atom.